The molecule has 1 aliphatic heterocycles. The van der Waals surface area contributed by atoms with E-state index in [1.165, 1.54) is 48.9 Å². The number of rotatable bonds is 2. The van der Waals surface area contributed by atoms with Crippen molar-refractivity contribution in [1.82, 2.24) is 9.88 Å². The average Bonchev–Trinajstić information content (AvgIpc) is 2.94. The number of piperidine rings is 1. The minimum atomic E-state index is 0.801. The summed E-state index contributed by atoms with van der Waals surface area (Å²) >= 11 is 0. The van der Waals surface area contributed by atoms with Crippen molar-refractivity contribution in [2.24, 2.45) is 5.16 Å². The molecule has 116 valence electrons. The quantitative estimate of drug-likeness (QED) is 0.656. The van der Waals surface area contributed by atoms with Crippen LogP contribution < -0.4 is 0 Å². The van der Waals surface area contributed by atoms with Crippen molar-refractivity contribution in [2.75, 3.05) is 13.1 Å². The lowest BCUT2D eigenvalue weighted by Gasteiger charge is -2.26. The molecule has 0 atom stereocenters. The number of benzene rings is 1. The molecule has 1 aromatic carbocycles. The second-order valence-electron chi connectivity index (χ2n) is 6.60. The van der Waals surface area contributed by atoms with Crippen LogP contribution in [0.1, 0.15) is 48.9 Å². The fraction of sp³-hybridized carbons (Fsp3) is 0.500. The normalized spacial score (nSPS) is 21.4. The van der Waals surface area contributed by atoms with Crippen LogP contribution in [0.15, 0.2) is 23.4 Å². The van der Waals surface area contributed by atoms with Crippen LogP contribution in [0.4, 0.5) is 0 Å². The Balaban J connectivity index is 1.68. The molecule has 2 aromatic rings. The number of aryl methyl sites for hydroxylation is 1. The molecule has 0 spiro atoms. The Bertz CT molecular complexity index is 710. The van der Waals surface area contributed by atoms with E-state index in [-0.39, 0.29) is 0 Å². The van der Waals surface area contributed by atoms with E-state index in [9.17, 15) is 5.21 Å². The maximum Gasteiger partial charge on any atom is 0.103 e. The Labute approximate surface area is 130 Å². The molecule has 22 heavy (non-hydrogen) atoms. The fourth-order valence-electron chi connectivity index (χ4n) is 3.93. The van der Waals surface area contributed by atoms with Gasteiger partial charge in [0.1, 0.15) is 5.71 Å². The smallest absolute Gasteiger partial charge is 0.103 e. The number of oxime groups is 1. The lowest BCUT2D eigenvalue weighted by atomic mass is 9.93. The molecule has 1 aromatic heterocycles. The largest absolute Gasteiger partial charge is 0.411 e. The van der Waals surface area contributed by atoms with Crippen LogP contribution in [0.2, 0.25) is 0 Å². The number of H-pyrrole nitrogens is 1. The van der Waals surface area contributed by atoms with E-state index < -0.39 is 0 Å². The topological polar surface area (TPSA) is 51.6 Å². The van der Waals surface area contributed by atoms with Crippen LogP contribution in [-0.2, 0) is 13.0 Å². The summed E-state index contributed by atoms with van der Waals surface area (Å²) in [6.45, 7) is 3.51. The number of aromatic amines is 1. The highest BCUT2D eigenvalue weighted by molar-refractivity contribution is 6.06. The Kier molecular flexibility index (Phi) is 3.62. The van der Waals surface area contributed by atoms with Gasteiger partial charge in [0, 0.05) is 17.4 Å². The highest BCUT2D eigenvalue weighted by Crippen LogP contribution is 2.30. The van der Waals surface area contributed by atoms with Crippen molar-refractivity contribution < 1.29 is 5.21 Å². The second-order valence-corrected chi connectivity index (χ2v) is 6.60. The highest BCUT2D eigenvalue weighted by Gasteiger charge is 2.21. The van der Waals surface area contributed by atoms with Gasteiger partial charge in [-0.1, -0.05) is 17.6 Å². The van der Waals surface area contributed by atoms with Gasteiger partial charge in [-0.25, -0.2) is 0 Å². The van der Waals surface area contributed by atoms with Gasteiger partial charge in [-0.05, 0) is 68.5 Å². The Morgan fingerprint density at radius 1 is 1.09 bits per heavy atom. The molecule has 4 heteroatoms. The Morgan fingerprint density at radius 3 is 2.77 bits per heavy atom. The van der Waals surface area contributed by atoms with E-state index in [2.05, 4.69) is 33.2 Å². The van der Waals surface area contributed by atoms with E-state index in [0.29, 0.717) is 0 Å². The molecule has 2 heterocycles. The van der Waals surface area contributed by atoms with Crippen molar-refractivity contribution in [1.29, 1.82) is 0 Å². The summed E-state index contributed by atoms with van der Waals surface area (Å²) in [5.41, 5.74) is 5.73. The number of hydrogen-bond donors (Lipinski definition) is 2. The Hall–Kier alpha value is -1.81. The van der Waals surface area contributed by atoms with E-state index in [0.717, 1.165) is 42.7 Å². The van der Waals surface area contributed by atoms with Crippen LogP contribution >= 0.6 is 0 Å². The third-order valence-electron chi connectivity index (χ3n) is 5.08. The maximum absolute atomic E-state index is 9.20. The first-order chi connectivity index (χ1) is 10.8. The first-order valence-electron chi connectivity index (χ1n) is 8.42. The molecule has 0 saturated carbocycles. The van der Waals surface area contributed by atoms with Crippen LogP contribution in [0, 0.1) is 0 Å². The fourth-order valence-corrected chi connectivity index (χ4v) is 3.93. The van der Waals surface area contributed by atoms with Crippen LogP contribution in [0.25, 0.3) is 10.9 Å². The summed E-state index contributed by atoms with van der Waals surface area (Å²) in [4.78, 5) is 6.00. The van der Waals surface area contributed by atoms with E-state index in [1.54, 1.807) is 0 Å². The molecule has 2 N–H and O–H groups in total. The van der Waals surface area contributed by atoms with E-state index in [4.69, 9.17) is 0 Å². The second kappa shape index (κ2) is 5.76. The number of hydrogen-bond acceptors (Lipinski definition) is 3. The van der Waals surface area contributed by atoms with Crippen molar-refractivity contribution >= 4 is 16.6 Å². The zero-order valence-corrected chi connectivity index (χ0v) is 12.9. The van der Waals surface area contributed by atoms with Gasteiger partial charge < -0.3 is 10.2 Å². The summed E-state index contributed by atoms with van der Waals surface area (Å²) in [6.07, 6.45) is 7.04. The van der Waals surface area contributed by atoms with Crippen LogP contribution in [0.3, 0.4) is 0 Å². The molecule has 1 saturated heterocycles. The molecule has 0 bridgehead atoms. The summed E-state index contributed by atoms with van der Waals surface area (Å²) in [5.74, 6) is 0. The van der Waals surface area contributed by atoms with Crippen molar-refractivity contribution in [3.05, 3.63) is 35.0 Å². The SMILES string of the molecule is O/N=C1/CCCc2c1[nH]c1ccc(CN3CCCCC3)cc21. The average molecular weight is 297 g/mol. The predicted octanol–water partition coefficient (Wildman–Crippen LogP) is 3.67. The standard InChI is InChI=1S/C18H23N3O/c22-20-17-6-4-5-14-15-11-13(7-8-16(15)19-18(14)17)12-21-9-2-1-3-10-21/h7-8,11,19,22H,1-6,9-10,12H2/b20-17-. The van der Waals surface area contributed by atoms with Crippen molar-refractivity contribution in [3.63, 3.8) is 0 Å². The molecule has 0 radical (unpaired) electrons. The molecule has 4 nitrogen and oxygen atoms in total. The lowest BCUT2D eigenvalue weighted by Crippen LogP contribution is -2.29. The first kappa shape index (κ1) is 13.8. The maximum atomic E-state index is 9.20. The summed E-state index contributed by atoms with van der Waals surface area (Å²) < 4.78 is 0. The first-order valence-corrected chi connectivity index (χ1v) is 8.42. The third kappa shape index (κ3) is 2.41. The number of fused-ring (bicyclic) bond motifs is 3. The van der Waals surface area contributed by atoms with Gasteiger partial charge in [-0.3, -0.25) is 4.90 Å². The molecular formula is C18H23N3O. The molecule has 0 unspecified atom stereocenters. The number of nitrogens with one attached hydrogen (secondary N) is 1. The zero-order chi connectivity index (χ0) is 14.9. The number of likely N-dealkylation sites (tertiary alicyclic amines) is 1. The molecule has 4 rings (SSSR count). The number of nitrogens with zero attached hydrogens (tertiary/aromatic N) is 2. The van der Waals surface area contributed by atoms with E-state index >= 15 is 0 Å². The van der Waals surface area contributed by atoms with Gasteiger partial charge in [0.05, 0.1) is 5.69 Å². The molecule has 0 amide bonds. The molecule has 1 aliphatic carbocycles. The summed E-state index contributed by atoms with van der Waals surface area (Å²) in [5, 5.41) is 14.0. The van der Waals surface area contributed by atoms with Gasteiger partial charge in [-0.2, -0.15) is 0 Å². The van der Waals surface area contributed by atoms with Gasteiger partial charge in [0.25, 0.3) is 0 Å². The highest BCUT2D eigenvalue weighted by atomic mass is 16.4. The molecular weight excluding hydrogens is 274 g/mol. The lowest BCUT2D eigenvalue weighted by molar-refractivity contribution is 0.221. The number of aromatic nitrogens is 1. The van der Waals surface area contributed by atoms with Crippen LogP contribution in [0.5, 0.6) is 0 Å². The predicted molar refractivity (Wildman–Crippen MR) is 88.7 cm³/mol. The monoisotopic (exact) mass is 297 g/mol. The van der Waals surface area contributed by atoms with Gasteiger partial charge in [0.15, 0.2) is 0 Å². The minimum Gasteiger partial charge on any atom is -0.411 e. The molecule has 2 aliphatic rings. The van der Waals surface area contributed by atoms with Gasteiger partial charge in [-0.15, -0.1) is 0 Å². The van der Waals surface area contributed by atoms with Gasteiger partial charge >= 0.3 is 0 Å². The zero-order valence-electron chi connectivity index (χ0n) is 12.9. The van der Waals surface area contributed by atoms with Crippen LogP contribution in [-0.4, -0.2) is 33.9 Å². The molecule has 1 fully saturated rings. The summed E-state index contributed by atoms with van der Waals surface area (Å²) in [6, 6.07) is 6.75. The van der Waals surface area contributed by atoms with E-state index in [1.807, 2.05) is 0 Å². The van der Waals surface area contributed by atoms with Gasteiger partial charge in [0.2, 0.25) is 0 Å². The Morgan fingerprint density at radius 2 is 1.95 bits per heavy atom. The van der Waals surface area contributed by atoms with Crippen molar-refractivity contribution in [3.8, 4) is 0 Å². The summed E-state index contributed by atoms with van der Waals surface area (Å²) in [7, 11) is 0. The third-order valence-corrected chi connectivity index (χ3v) is 5.08. The van der Waals surface area contributed by atoms with Crippen molar-refractivity contribution in [2.45, 2.75) is 45.1 Å². The minimum absolute atomic E-state index is 0.801.